The van der Waals surface area contributed by atoms with E-state index < -0.39 is 23.4 Å². The molecule has 224 valence electrons. The summed E-state index contributed by atoms with van der Waals surface area (Å²) in [7, 11) is 0. The zero-order chi connectivity index (χ0) is 30.7. The number of hydrogen-bond acceptors (Lipinski definition) is 7. The molecule has 42 heavy (non-hydrogen) atoms. The smallest absolute Gasteiger partial charge is 0.416 e. The second kappa shape index (κ2) is 12.1. The third-order valence-corrected chi connectivity index (χ3v) is 6.34. The Kier molecular flexibility index (Phi) is 8.78. The van der Waals surface area contributed by atoms with Crippen LogP contribution >= 0.6 is 0 Å². The van der Waals surface area contributed by atoms with Crippen molar-refractivity contribution in [1.82, 2.24) is 14.9 Å². The first-order chi connectivity index (χ1) is 19.7. The molecule has 0 aliphatic carbocycles. The van der Waals surface area contributed by atoms with Crippen molar-refractivity contribution < 1.29 is 32.2 Å². The van der Waals surface area contributed by atoms with Gasteiger partial charge in [-0.1, -0.05) is 6.07 Å². The summed E-state index contributed by atoms with van der Waals surface area (Å²) in [5, 5.41) is 4.99. The van der Waals surface area contributed by atoms with Gasteiger partial charge >= 0.3 is 18.3 Å². The predicted octanol–water partition coefficient (Wildman–Crippen LogP) is 6.69. The minimum absolute atomic E-state index is 0.0190. The van der Waals surface area contributed by atoms with Gasteiger partial charge in [0.1, 0.15) is 23.5 Å². The lowest BCUT2D eigenvalue weighted by Gasteiger charge is -2.40. The number of halogens is 3. The fourth-order valence-electron chi connectivity index (χ4n) is 4.36. The van der Waals surface area contributed by atoms with Crippen LogP contribution in [0.4, 0.5) is 40.0 Å². The van der Waals surface area contributed by atoms with E-state index >= 15 is 0 Å². The number of amides is 3. The molecule has 4 rings (SSSR count). The Bertz CT molecular complexity index is 1430. The molecule has 1 atom stereocenters. The highest BCUT2D eigenvalue weighted by Crippen LogP contribution is 2.33. The summed E-state index contributed by atoms with van der Waals surface area (Å²) in [5.74, 6) is 1.40. The highest BCUT2D eigenvalue weighted by Gasteiger charge is 2.33. The molecule has 3 aromatic rings. The molecule has 0 spiro atoms. The molecule has 1 saturated heterocycles. The van der Waals surface area contributed by atoms with Crippen LogP contribution in [-0.4, -0.2) is 58.3 Å². The van der Waals surface area contributed by atoms with Crippen LogP contribution in [0.1, 0.15) is 38.8 Å². The average molecular weight is 587 g/mol. The second-order valence-corrected chi connectivity index (χ2v) is 10.9. The molecular formula is C29H33F3N6O4. The van der Waals surface area contributed by atoms with Gasteiger partial charge in [0.15, 0.2) is 0 Å². The van der Waals surface area contributed by atoms with Crippen molar-refractivity contribution in [2.75, 3.05) is 35.2 Å². The Hall–Kier alpha value is -4.55. The van der Waals surface area contributed by atoms with Gasteiger partial charge in [0.25, 0.3) is 0 Å². The number of alkyl halides is 3. The maximum absolute atomic E-state index is 13.2. The number of nitrogens with one attached hydrogen (secondary N) is 2. The van der Waals surface area contributed by atoms with Gasteiger partial charge in [-0.05, 0) is 76.6 Å². The van der Waals surface area contributed by atoms with E-state index in [0.29, 0.717) is 42.8 Å². The van der Waals surface area contributed by atoms with Crippen LogP contribution in [0.25, 0.3) is 0 Å². The summed E-state index contributed by atoms with van der Waals surface area (Å²) in [6.45, 7) is 10.4. The van der Waals surface area contributed by atoms with Crippen LogP contribution in [0.5, 0.6) is 11.6 Å². The normalized spacial score (nSPS) is 15.7. The van der Waals surface area contributed by atoms with Crippen LogP contribution in [0.3, 0.4) is 0 Å². The summed E-state index contributed by atoms with van der Waals surface area (Å²) in [4.78, 5) is 37.1. The number of anilines is 3. The number of aromatic nitrogens is 2. The number of hydrogen-bond donors (Lipinski definition) is 2. The van der Waals surface area contributed by atoms with Gasteiger partial charge in [-0.2, -0.15) is 13.2 Å². The van der Waals surface area contributed by atoms with Gasteiger partial charge in [0.2, 0.25) is 5.88 Å². The van der Waals surface area contributed by atoms with Gasteiger partial charge in [0.05, 0.1) is 5.56 Å². The van der Waals surface area contributed by atoms with E-state index in [9.17, 15) is 22.8 Å². The fraction of sp³-hybridized carbons (Fsp3) is 0.379. The standard InChI is InChI=1S/C29H33F3N6O4/c1-18-6-7-21(14-23(18)29(30,31)32)36-26(39)35-20-8-10-22(11-9-20)41-25-15-24(33-17-34-25)38-13-12-37(16-19(38)2)27(40)42-28(3,4)5/h6-11,14-15,17,19H,12-13,16H2,1-5H3,(H2,35,36,39)/t19-/m1/s1. The lowest BCUT2D eigenvalue weighted by Crippen LogP contribution is -2.54. The van der Waals surface area contributed by atoms with Gasteiger partial charge < -0.3 is 29.9 Å². The zero-order valence-corrected chi connectivity index (χ0v) is 24.0. The van der Waals surface area contributed by atoms with E-state index in [0.717, 1.165) is 6.07 Å². The Morgan fingerprint density at radius 2 is 1.62 bits per heavy atom. The molecule has 0 bridgehead atoms. The molecule has 1 aliphatic rings. The number of urea groups is 1. The molecule has 1 aliphatic heterocycles. The maximum atomic E-state index is 13.2. The number of rotatable bonds is 5. The first-order valence-electron chi connectivity index (χ1n) is 13.3. The minimum atomic E-state index is -4.52. The summed E-state index contributed by atoms with van der Waals surface area (Å²) >= 11 is 0. The number of nitrogens with zero attached hydrogens (tertiary/aromatic N) is 4. The molecule has 0 radical (unpaired) electrons. The first kappa shape index (κ1) is 30.4. The molecule has 2 aromatic carbocycles. The zero-order valence-electron chi connectivity index (χ0n) is 24.0. The van der Waals surface area contributed by atoms with Gasteiger partial charge in [-0.3, -0.25) is 0 Å². The lowest BCUT2D eigenvalue weighted by molar-refractivity contribution is -0.138. The summed E-state index contributed by atoms with van der Waals surface area (Å²) in [6, 6.07) is 11.0. The van der Waals surface area contributed by atoms with Crippen LogP contribution in [0, 0.1) is 6.92 Å². The number of carbonyl (C=O) groups excluding carboxylic acids is 2. The third kappa shape index (κ3) is 8.02. The van der Waals surface area contributed by atoms with Crippen molar-refractivity contribution in [3.8, 4) is 11.6 Å². The predicted molar refractivity (Wildman–Crippen MR) is 152 cm³/mol. The third-order valence-electron chi connectivity index (χ3n) is 6.34. The quantitative estimate of drug-likeness (QED) is 0.343. The number of carbonyl (C=O) groups is 2. The van der Waals surface area contributed by atoms with Gasteiger partial charge in [-0.15, -0.1) is 0 Å². The van der Waals surface area contributed by atoms with Crippen molar-refractivity contribution in [1.29, 1.82) is 0 Å². The van der Waals surface area contributed by atoms with Crippen molar-refractivity contribution in [3.63, 3.8) is 0 Å². The van der Waals surface area contributed by atoms with E-state index in [1.54, 1.807) is 35.2 Å². The Labute approximate surface area is 241 Å². The number of piperazine rings is 1. The molecule has 0 unspecified atom stereocenters. The van der Waals surface area contributed by atoms with Crippen LogP contribution in [-0.2, 0) is 10.9 Å². The van der Waals surface area contributed by atoms with Crippen molar-refractivity contribution in [2.45, 2.75) is 52.4 Å². The molecule has 13 heteroatoms. The molecule has 10 nitrogen and oxygen atoms in total. The second-order valence-electron chi connectivity index (χ2n) is 10.9. The molecule has 1 aromatic heterocycles. The van der Waals surface area contributed by atoms with Gasteiger partial charge in [0, 0.05) is 43.1 Å². The average Bonchev–Trinajstić information content (AvgIpc) is 2.89. The Morgan fingerprint density at radius 1 is 0.952 bits per heavy atom. The van der Waals surface area contributed by atoms with E-state index in [1.165, 1.54) is 25.4 Å². The van der Waals surface area contributed by atoms with Crippen molar-refractivity contribution in [3.05, 3.63) is 66.0 Å². The Morgan fingerprint density at radius 3 is 2.26 bits per heavy atom. The van der Waals surface area contributed by atoms with E-state index in [-0.39, 0.29) is 23.4 Å². The largest absolute Gasteiger partial charge is 0.444 e. The van der Waals surface area contributed by atoms with Crippen LogP contribution < -0.4 is 20.3 Å². The highest BCUT2D eigenvalue weighted by atomic mass is 19.4. The molecular weight excluding hydrogens is 553 g/mol. The van der Waals surface area contributed by atoms with E-state index in [2.05, 4.69) is 25.5 Å². The number of ether oxygens (including phenoxy) is 2. The monoisotopic (exact) mass is 586 g/mol. The minimum Gasteiger partial charge on any atom is -0.444 e. The first-order valence-corrected chi connectivity index (χ1v) is 13.3. The fourth-order valence-corrected chi connectivity index (χ4v) is 4.36. The molecule has 0 saturated carbocycles. The molecule has 2 N–H and O–H groups in total. The molecule has 3 amide bonds. The van der Waals surface area contributed by atoms with E-state index in [4.69, 9.17) is 9.47 Å². The van der Waals surface area contributed by atoms with E-state index in [1.807, 2.05) is 27.7 Å². The number of benzene rings is 2. The van der Waals surface area contributed by atoms with Crippen LogP contribution in [0.2, 0.25) is 0 Å². The summed E-state index contributed by atoms with van der Waals surface area (Å²) in [5.41, 5.74) is -0.890. The van der Waals surface area contributed by atoms with Crippen LogP contribution in [0.15, 0.2) is 54.9 Å². The van der Waals surface area contributed by atoms with Gasteiger partial charge in [-0.25, -0.2) is 19.6 Å². The van der Waals surface area contributed by atoms with Crippen molar-refractivity contribution >= 4 is 29.3 Å². The maximum Gasteiger partial charge on any atom is 0.416 e. The lowest BCUT2D eigenvalue weighted by atomic mass is 10.1. The molecule has 2 heterocycles. The number of aryl methyl sites for hydroxylation is 1. The van der Waals surface area contributed by atoms with Crippen molar-refractivity contribution in [2.24, 2.45) is 0 Å². The Balaban J connectivity index is 1.33. The summed E-state index contributed by atoms with van der Waals surface area (Å²) in [6.07, 6.45) is -3.47. The topological polar surface area (TPSA) is 109 Å². The summed E-state index contributed by atoms with van der Waals surface area (Å²) < 4.78 is 50.8. The molecule has 1 fully saturated rings. The highest BCUT2D eigenvalue weighted by molar-refractivity contribution is 5.99. The SMILES string of the molecule is Cc1ccc(NC(=O)Nc2ccc(Oc3cc(N4CCN(C(=O)OC(C)(C)C)C[C@H]4C)ncn3)cc2)cc1C(F)(F)F.